The molecule has 208 valence electrons. The Balaban J connectivity index is 1.52. The molecule has 0 bridgehead atoms. The van der Waals surface area contributed by atoms with Crippen molar-refractivity contribution in [2.45, 2.75) is 77.0 Å². The van der Waals surface area contributed by atoms with E-state index in [9.17, 15) is 18.0 Å². The normalized spacial score (nSPS) is 15.8. The number of unbranched alkanes of at least 4 members (excludes halogenated alkanes) is 2. The summed E-state index contributed by atoms with van der Waals surface area (Å²) in [6.07, 6.45) is 6.85. The number of nitrogens with zero attached hydrogens (tertiary/aromatic N) is 1. The summed E-state index contributed by atoms with van der Waals surface area (Å²) in [5, 5.41) is 2.96. The molecule has 3 rings (SSSR count). The Morgan fingerprint density at radius 1 is 1.08 bits per heavy atom. The maximum absolute atomic E-state index is 13.4. The van der Waals surface area contributed by atoms with Crippen molar-refractivity contribution in [1.82, 2.24) is 10.2 Å². The van der Waals surface area contributed by atoms with Gasteiger partial charge in [-0.25, -0.2) is 8.42 Å². The summed E-state index contributed by atoms with van der Waals surface area (Å²) in [4.78, 5) is 27.4. The van der Waals surface area contributed by atoms with Crippen molar-refractivity contribution in [1.29, 1.82) is 0 Å². The van der Waals surface area contributed by atoms with Gasteiger partial charge in [-0.2, -0.15) is 0 Å². The first-order chi connectivity index (χ1) is 18.2. The molecule has 0 saturated heterocycles. The predicted molar refractivity (Wildman–Crippen MR) is 150 cm³/mol. The molecule has 0 aliphatic heterocycles. The third kappa shape index (κ3) is 8.84. The van der Waals surface area contributed by atoms with E-state index in [2.05, 4.69) is 10.0 Å². The lowest BCUT2D eigenvalue weighted by atomic mass is 9.86. The number of nitrogens with one attached hydrogen (secondary N) is 2. The lowest BCUT2D eigenvalue weighted by Crippen LogP contribution is -2.50. The third-order valence-corrected chi connectivity index (χ3v) is 7.55. The first-order valence-corrected chi connectivity index (χ1v) is 15.3. The minimum atomic E-state index is -3.37. The molecule has 38 heavy (non-hydrogen) atoms. The fourth-order valence-electron chi connectivity index (χ4n) is 5.18. The first-order valence-electron chi connectivity index (χ1n) is 13.4. The second-order valence-electron chi connectivity index (χ2n) is 9.94. The van der Waals surface area contributed by atoms with Crippen LogP contribution in [0.2, 0.25) is 0 Å². The molecule has 1 aliphatic carbocycles. The number of anilines is 1. The summed E-state index contributed by atoms with van der Waals surface area (Å²) in [6, 6.07) is 15.3. The number of rotatable bonds is 14. The highest BCUT2D eigenvalue weighted by Gasteiger charge is 2.33. The Labute approximate surface area is 227 Å². The maximum Gasteiger partial charge on any atom is 0.229 e. The van der Waals surface area contributed by atoms with E-state index in [0.29, 0.717) is 44.3 Å². The molecule has 2 amide bonds. The van der Waals surface area contributed by atoms with Gasteiger partial charge in [0.25, 0.3) is 0 Å². The molecule has 0 spiro atoms. The van der Waals surface area contributed by atoms with Gasteiger partial charge in [0.2, 0.25) is 21.8 Å². The van der Waals surface area contributed by atoms with E-state index in [1.54, 1.807) is 13.2 Å². The Kier molecular flexibility index (Phi) is 11.2. The molecule has 0 saturated carbocycles. The second-order valence-corrected chi connectivity index (χ2v) is 11.7. The van der Waals surface area contributed by atoms with E-state index in [-0.39, 0.29) is 24.1 Å². The largest absolute Gasteiger partial charge is 0.362 e. The maximum atomic E-state index is 13.4. The fourth-order valence-corrected chi connectivity index (χ4v) is 5.77. The topological polar surface area (TPSA) is 105 Å². The van der Waals surface area contributed by atoms with Gasteiger partial charge >= 0.3 is 0 Å². The zero-order chi connectivity index (χ0) is 27.5. The van der Waals surface area contributed by atoms with Crippen LogP contribution in [0.1, 0.15) is 62.1 Å². The standard InChI is InChI=1S/C29H41N3O5S/c1-4-29(37-2)32(24-17-18-25-23(21-24)14-11-15-26(25)31-38(3,35)36)28(34)16-9-6-10-19-30-27(33)20-22-12-7-5-8-13-22/h5,7-8,11-15,24,29,31H,4,6,9-10,16-21H2,1-3H3,(H,30,33)/t24-,29-/m0/s1. The van der Waals surface area contributed by atoms with E-state index >= 15 is 0 Å². The molecular weight excluding hydrogens is 502 g/mol. The predicted octanol–water partition coefficient (Wildman–Crippen LogP) is 4.05. The van der Waals surface area contributed by atoms with Gasteiger partial charge in [-0.1, -0.05) is 55.8 Å². The minimum absolute atomic E-state index is 0.00865. The number of hydrogen-bond donors (Lipinski definition) is 2. The molecule has 2 aromatic rings. The van der Waals surface area contributed by atoms with Gasteiger partial charge in [-0.05, 0) is 61.3 Å². The summed E-state index contributed by atoms with van der Waals surface area (Å²) < 4.78 is 31.9. The number of amides is 2. The van der Waals surface area contributed by atoms with Crippen LogP contribution in [0.5, 0.6) is 0 Å². The highest BCUT2D eigenvalue weighted by Crippen LogP contribution is 2.32. The Bertz CT molecular complexity index is 1170. The molecule has 0 radical (unpaired) electrons. The Hall–Kier alpha value is -2.91. The summed E-state index contributed by atoms with van der Waals surface area (Å²) in [5.41, 5.74) is 3.68. The van der Waals surface area contributed by atoms with E-state index < -0.39 is 10.0 Å². The Morgan fingerprint density at radius 3 is 2.53 bits per heavy atom. The third-order valence-electron chi connectivity index (χ3n) is 6.96. The molecule has 2 atom stereocenters. The molecule has 0 unspecified atom stereocenters. The highest BCUT2D eigenvalue weighted by molar-refractivity contribution is 7.92. The summed E-state index contributed by atoms with van der Waals surface area (Å²) >= 11 is 0. The van der Waals surface area contributed by atoms with Gasteiger partial charge < -0.3 is 15.0 Å². The van der Waals surface area contributed by atoms with Crippen molar-refractivity contribution >= 4 is 27.5 Å². The van der Waals surface area contributed by atoms with Crippen molar-refractivity contribution in [3.63, 3.8) is 0 Å². The van der Waals surface area contributed by atoms with Crippen LogP contribution >= 0.6 is 0 Å². The van der Waals surface area contributed by atoms with Crippen LogP contribution in [0, 0.1) is 0 Å². The molecule has 0 heterocycles. The highest BCUT2D eigenvalue weighted by atomic mass is 32.2. The SMILES string of the molecule is CC[C@H](OC)N(C(=O)CCCCCNC(=O)Cc1ccccc1)[C@H]1CCc2c(cccc2NS(C)(=O)=O)C1. The zero-order valence-electron chi connectivity index (χ0n) is 22.7. The average molecular weight is 544 g/mol. The molecule has 0 aromatic heterocycles. The number of carbonyl (C=O) groups excluding carboxylic acids is 2. The van der Waals surface area contributed by atoms with Gasteiger partial charge in [0.15, 0.2) is 0 Å². The molecule has 2 aromatic carbocycles. The number of fused-ring (bicyclic) bond motifs is 1. The fraction of sp³-hybridized carbons (Fsp3) is 0.517. The summed E-state index contributed by atoms with van der Waals surface area (Å²) in [7, 11) is -1.73. The summed E-state index contributed by atoms with van der Waals surface area (Å²) in [5.74, 6) is 0.0856. The smallest absolute Gasteiger partial charge is 0.229 e. The molecule has 1 aliphatic rings. The van der Waals surface area contributed by atoms with Crippen LogP contribution in [0.15, 0.2) is 48.5 Å². The number of benzene rings is 2. The lowest BCUT2D eigenvalue weighted by Gasteiger charge is -2.40. The van der Waals surface area contributed by atoms with Crippen molar-refractivity contribution in [2.24, 2.45) is 0 Å². The minimum Gasteiger partial charge on any atom is -0.362 e. The van der Waals surface area contributed by atoms with Gasteiger partial charge in [-0.15, -0.1) is 0 Å². The van der Waals surface area contributed by atoms with Crippen LogP contribution in [0.25, 0.3) is 0 Å². The van der Waals surface area contributed by atoms with Crippen LogP contribution in [0.4, 0.5) is 5.69 Å². The lowest BCUT2D eigenvalue weighted by molar-refractivity contribution is -0.149. The van der Waals surface area contributed by atoms with Gasteiger partial charge in [-0.3, -0.25) is 14.3 Å². The Morgan fingerprint density at radius 2 is 1.84 bits per heavy atom. The van der Waals surface area contributed by atoms with Crippen molar-refractivity contribution in [3.05, 3.63) is 65.2 Å². The molecular formula is C29H41N3O5S. The van der Waals surface area contributed by atoms with E-state index in [4.69, 9.17) is 4.74 Å². The van der Waals surface area contributed by atoms with Crippen molar-refractivity contribution < 1.29 is 22.7 Å². The number of methoxy groups -OCH3 is 1. The van der Waals surface area contributed by atoms with Crippen LogP contribution in [-0.4, -0.2) is 57.3 Å². The van der Waals surface area contributed by atoms with Gasteiger partial charge in [0.1, 0.15) is 6.23 Å². The van der Waals surface area contributed by atoms with E-state index in [1.807, 2.05) is 54.3 Å². The van der Waals surface area contributed by atoms with Crippen LogP contribution in [0.3, 0.4) is 0 Å². The number of carbonyl (C=O) groups is 2. The molecule has 2 N–H and O–H groups in total. The zero-order valence-corrected chi connectivity index (χ0v) is 23.6. The van der Waals surface area contributed by atoms with Crippen LogP contribution in [-0.2, 0) is 43.6 Å². The molecule has 9 heteroatoms. The molecule has 8 nitrogen and oxygen atoms in total. The van der Waals surface area contributed by atoms with Gasteiger partial charge in [0.05, 0.1) is 18.4 Å². The second kappa shape index (κ2) is 14.3. The van der Waals surface area contributed by atoms with Crippen LogP contribution < -0.4 is 10.0 Å². The molecule has 0 fully saturated rings. The number of ether oxygens (including phenoxy) is 1. The average Bonchev–Trinajstić information content (AvgIpc) is 2.88. The van der Waals surface area contributed by atoms with Gasteiger partial charge in [0, 0.05) is 26.1 Å². The quantitative estimate of drug-likeness (QED) is 0.276. The first kappa shape index (κ1) is 29.6. The summed E-state index contributed by atoms with van der Waals surface area (Å²) in [6.45, 7) is 2.61. The van der Waals surface area contributed by atoms with Crippen molar-refractivity contribution in [2.75, 3.05) is 24.6 Å². The van der Waals surface area contributed by atoms with E-state index in [1.165, 1.54) is 0 Å². The van der Waals surface area contributed by atoms with E-state index in [0.717, 1.165) is 48.6 Å². The number of hydrogen-bond acceptors (Lipinski definition) is 5. The monoisotopic (exact) mass is 543 g/mol. The number of sulfonamides is 1. The van der Waals surface area contributed by atoms with Crippen molar-refractivity contribution in [3.8, 4) is 0 Å².